The number of halogens is 1. The topological polar surface area (TPSA) is 43.2 Å². The Morgan fingerprint density at radius 3 is 2.78 bits per heavy atom. The fraction of sp³-hybridized carbons (Fsp3) is 0.273. The quantitative estimate of drug-likeness (QED) is 0.709. The van der Waals surface area contributed by atoms with Gasteiger partial charge in [0.2, 0.25) is 0 Å². The Morgan fingerprint density at radius 2 is 1.89 bits per heavy atom. The van der Waals surface area contributed by atoms with Crippen LogP contribution in [0.2, 0.25) is 0 Å². The van der Waals surface area contributed by atoms with Gasteiger partial charge in [0.15, 0.2) is 0 Å². The van der Waals surface area contributed by atoms with Crippen LogP contribution in [0.5, 0.6) is 0 Å². The number of nitrogens with zero attached hydrogens (tertiary/aromatic N) is 4. The van der Waals surface area contributed by atoms with Crippen molar-refractivity contribution < 1.29 is 4.39 Å². The van der Waals surface area contributed by atoms with E-state index in [1.54, 1.807) is 18.3 Å². The zero-order chi connectivity index (χ0) is 18.6. The van der Waals surface area contributed by atoms with Gasteiger partial charge < -0.3 is 4.90 Å². The van der Waals surface area contributed by atoms with E-state index in [2.05, 4.69) is 20.9 Å². The molecule has 27 heavy (non-hydrogen) atoms. The monoisotopic (exact) mass is 360 g/mol. The summed E-state index contributed by atoms with van der Waals surface area (Å²) in [6.07, 6.45) is 2.74. The third-order valence-corrected chi connectivity index (χ3v) is 5.15. The maximum Gasteiger partial charge on any atom is 0.132 e. The van der Waals surface area contributed by atoms with Gasteiger partial charge in [-0.3, -0.25) is 9.88 Å². The van der Waals surface area contributed by atoms with Gasteiger partial charge in [-0.05, 0) is 42.3 Å². The second-order valence-electron chi connectivity index (χ2n) is 6.85. The van der Waals surface area contributed by atoms with Crippen molar-refractivity contribution in [1.29, 1.82) is 5.26 Å². The molecule has 1 aliphatic heterocycles. The predicted octanol–water partition coefficient (Wildman–Crippen LogP) is 3.96. The summed E-state index contributed by atoms with van der Waals surface area (Å²) in [5.41, 5.74) is 3.53. The van der Waals surface area contributed by atoms with Crippen LogP contribution in [0.25, 0.3) is 10.9 Å². The molecule has 1 saturated heterocycles. The van der Waals surface area contributed by atoms with Gasteiger partial charge in [0.1, 0.15) is 11.9 Å². The molecule has 1 aliphatic rings. The van der Waals surface area contributed by atoms with Crippen LogP contribution in [0.15, 0.2) is 54.7 Å². The number of anilines is 1. The van der Waals surface area contributed by atoms with E-state index in [4.69, 9.17) is 0 Å². The van der Waals surface area contributed by atoms with Crippen LogP contribution in [0.1, 0.15) is 17.5 Å². The van der Waals surface area contributed by atoms with Gasteiger partial charge in [-0.1, -0.05) is 18.2 Å². The zero-order valence-electron chi connectivity index (χ0n) is 15.1. The SMILES string of the molecule is N#Cc1ccccc1N1CCCN(Cc2ccc(F)c3cccnc23)CC1. The summed E-state index contributed by atoms with van der Waals surface area (Å²) in [5.74, 6) is -0.225. The Balaban J connectivity index is 1.51. The summed E-state index contributed by atoms with van der Waals surface area (Å²) in [6.45, 7) is 4.41. The predicted molar refractivity (Wildman–Crippen MR) is 105 cm³/mol. The zero-order valence-corrected chi connectivity index (χ0v) is 15.1. The molecule has 0 N–H and O–H groups in total. The molecule has 0 aliphatic carbocycles. The molecule has 1 aromatic heterocycles. The second kappa shape index (κ2) is 7.73. The Morgan fingerprint density at radius 1 is 1.00 bits per heavy atom. The third kappa shape index (κ3) is 3.62. The first kappa shape index (κ1) is 17.4. The van der Waals surface area contributed by atoms with Gasteiger partial charge in [-0.2, -0.15) is 5.26 Å². The van der Waals surface area contributed by atoms with Gasteiger partial charge in [0.25, 0.3) is 0 Å². The molecule has 2 heterocycles. The normalized spacial score (nSPS) is 15.5. The average Bonchev–Trinajstić information content (AvgIpc) is 2.96. The molecule has 2 aromatic carbocycles. The molecular weight excluding hydrogens is 339 g/mol. The van der Waals surface area contributed by atoms with Crippen LogP contribution in [0, 0.1) is 17.1 Å². The Hall–Kier alpha value is -2.97. The molecule has 136 valence electrons. The van der Waals surface area contributed by atoms with E-state index in [0.29, 0.717) is 5.39 Å². The van der Waals surface area contributed by atoms with Crippen molar-refractivity contribution in [3.8, 4) is 6.07 Å². The van der Waals surface area contributed by atoms with Crippen molar-refractivity contribution >= 4 is 16.6 Å². The molecule has 1 fully saturated rings. The van der Waals surface area contributed by atoms with E-state index in [9.17, 15) is 9.65 Å². The summed E-state index contributed by atoms with van der Waals surface area (Å²) in [4.78, 5) is 9.08. The molecule has 0 bridgehead atoms. The number of hydrogen-bond donors (Lipinski definition) is 0. The average molecular weight is 360 g/mol. The van der Waals surface area contributed by atoms with E-state index in [1.807, 2.05) is 30.3 Å². The maximum atomic E-state index is 14.0. The number of hydrogen-bond acceptors (Lipinski definition) is 4. The lowest BCUT2D eigenvalue weighted by Gasteiger charge is -2.24. The number of pyridine rings is 1. The molecule has 0 unspecified atom stereocenters. The largest absolute Gasteiger partial charge is 0.369 e. The highest BCUT2D eigenvalue weighted by atomic mass is 19.1. The minimum Gasteiger partial charge on any atom is -0.369 e. The standard InChI is InChI=1S/C22H21FN4/c23-20-9-8-18(22-19(20)6-3-10-25-22)16-26-11-4-12-27(14-13-26)21-7-2-1-5-17(21)15-24/h1-3,5-10H,4,11-14,16H2. The molecule has 0 radical (unpaired) electrons. The lowest BCUT2D eigenvalue weighted by molar-refractivity contribution is 0.286. The fourth-order valence-corrected chi connectivity index (χ4v) is 3.78. The Kier molecular flexibility index (Phi) is 4.99. The highest BCUT2D eigenvalue weighted by Crippen LogP contribution is 2.24. The summed E-state index contributed by atoms with van der Waals surface area (Å²) < 4.78 is 14.0. The van der Waals surface area contributed by atoms with Crippen molar-refractivity contribution in [1.82, 2.24) is 9.88 Å². The smallest absolute Gasteiger partial charge is 0.132 e. The van der Waals surface area contributed by atoms with Gasteiger partial charge >= 0.3 is 0 Å². The summed E-state index contributed by atoms with van der Waals surface area (Å²) in [7, 11) is 0. The number of para-hydroxylation sites is 1. The van der Waals surface area contributed by atoms with Crippen molar-refractivity contribution in [2.24, 2.45) is 0 Å². The minimum absolute atomic E-state index is 0.225. The van der Waals surface area contributed by atoms with Crippen LogP contribution in [0.4, 0.5) is 10.1 Å². The van der Waals surface area contributed by atoms with Crippen LogP contribution < -0.4 is 4.90 Å². The van der Waals surface area contributed by atoms with Crippen molar-refractivity contribution in [3.63, 3.8) is 0 Å². The molecule has 0 atom stereocenters. The third-order valence-electron chi connectivity index (χ3n) is 5.15. The van der Waals surface area contributed by atoms with Crippen LogP contribution in [0.3, 0.4) is 0 Å². The highest BCUT2D eigenvalue weighted by Gasteiger charge is 2.18. The molecule has 0 amide bonds. The van der Waals surface area contributed by atoms with Gasteiger partial charge in [0, 0.05) is 44.3 Å². The molecular formula is C22H21FN4. The second-order valence-corrected chi connectivity index (χ2v) is 6.85. The van der Waals surface area contributed by atoms with Gasteiger partial charge in [-0.25, -0.2) is 4.39 Å². The lowest BCUT2D eigenvalue weighted by atomic mass is 10.1. The molecule has 3 aromatic rings. The van der Waals surface area contributed by atoms with Gasteiger partial charge in [-0.15, -0.1) is 0 Å². The molecule has 4 nitrogen and oxygen atoms in total. The Bertz CT molecular complexity index is 995. The Labute approximate surface area is 158 Å². The summed E-state index contributed by atoms with van der Waals surface area (Å²) in [6, 6.07) is 17.0. The van der Waals surface area contributed by atoms with Gasteiger partial charge in [0.05, 0.1) is 16.8 Å². The molecule has 4 rings (SSSR count). The first-order valence-electron chi connectivity index (χ1n) is 9.25. The molecule has 5 heteroatoms. The van der Waals surface area contributed by atoms with Crippen LogP contribution in [-0.2, 0) is 6.54 Å². The molecule has 0 spiro atoms. The minimum atomic E-state index is -0.225. The lowest BCUT2D eigenvalue weighted by Crippen LogP contribution is -2.31. The van der Waals surface area contributed by atoms with E-state index < -0.39 is 0 Å². The van der Waals surface area contributed by atoms with Crippen LogP contribution >= 0.6 is 0 Å². The highest BCUT2D eigenvalue weighted by molar-refractivity contribution is 5.82. The molecule has 0 saturated carbocycles. The summed E-state index contributed by atoms with van der Waals surface area (Å²) in [5, 5.41) is 9.94. The number of rotatable bonds is 3. The number of nitriles is 1. The van der Waals surface area contributed by atoms with E-state index in [1.165, 1.54) is 6.07 Å². The van der Waals surface area contributed by atoms with E-state index in [-0.39, 0.29) is 5.82 Å². The number of benzene rings is 2. The van der Waals surface area contributed by atoms with E-state index >= 15 is 0 Å². The van der Waals surface area contributed by atoms with E-state index in [0.717, 1.165) is 61.5 Å². The maximum absolute atomic E-state index is 14.0. The van der Waals surface area contributed by atoms with Crippen LogP contribution in [-0.4, -0.2) is 36.1 Å². The number of aromatic nitrogens is 1. The summed E-state index contributed by atoms with van der Waals surface area (Å²) >= 11 is 0. The van der Waals surface area contributed by atoms with Crippen molar-refractivity contribution in [3.05, 3.63) is 71.7 Å². The first-order valence-corrected chi connectivity index (χ1v) is 9.25. The van der Waals surface area contributed by atoms with Crippen molar-refractivity contribution in [2.75, 3.05) is 31.1 Å². The number of fused-ring (bicyclic) bond motifs is 1. The van der Waals surface area contributed by atoms with Crippen molar-refractivity contribution in [2.45, 2.75) is 13.0 Å². The first-order chi connectivity index (χ1) is 13.3. The fourth-order valence-electron chi connectivity index (χ4n) is 3.78.